The third-order valence-corrected chi connectivity index (χ3v) is 5.32. The van der Waals surface area contributed by atoms with E-state index in [-0.39, 0.29) is 0 Å². The summed E-state index contributed by atoms with van der Waals surface area (Å²) in [5.41, 5.74) is 1.60. The average molecular weight is 326 g/mol. The highest BCUT2D eigenvalue weighted by atomic mass is 32.2. The van der Waals surface area contributed by atoms with Gasteiger partial charge in [0.2, 0.25) is 10.0 Å². The van der Waals surface area contributed by atoms with Crippen LogP contribution < -0.4 is 9.04 Å². The van der Waals surface area contributed by atoms with E-state index < -0.39 is 10.0 Å². The fourth-order valence-electron chi connectivity index (χ4n) is 1.80. The Morgan fingerprint density at radius 1 is 1.24 bits per heavy atom. The number of hydrogen-bond donors (Lipinski definition) is 0. The molecular formula is C14H18N2O3S2. The summed E-state index contributed by atoms with van der Waals surface area (Å²) in [5.74, 6) is 0.700. The van der Waals surface area contributed by atoms with Crippen molar-refractivity contribution in [3.63, 3.8) is 0 Å². The van der Waals surface area contributed by atoms with Gasteiger partial charge in [-0.1, -0.05) is 0 Å². The smallest absolute Gasteiger partial charge is 0.231 e. The molecule has 0 fully saturated rings. The quantitative estimate of drug-likeness (QED) is 0.848. The van der Waals surface area contributed by atoms with E-state index in [1.165, 1.54) is 17.6 Å². The van der Waals surface area contributed by atoms with Crippen LogP contribution in [0, 0.1) is 13.8 Å². The molecule has 0 atom stereocenters. The fraction of sp³-hybridized carbons (Fsp3) is 0.357. The maximum absolute atomic E-state index is 11.5. The summed E-state index contributed by atoms with van der Waals surface area (Å²) in [7, 11) is -1.72. The Labute approximate surface area is 129 Å². The molecule has 0 aliphatic heterocycles. The van der Waals surface area contributed by atoms with Crippen molar-refractivity contribution in [2.45, 2.75) is 20.5 Å². The van der Waals surface area contributed by atoms with Crippen LogP contribution in [0.15, 0.2) is 24.3 Å². The van der Waals surface area contributed by atoms with Gasteiger partial charge in [-0.2, -0.15) is 0 Å². The predicted molar refractivity (Wildman–Crippen MR) is 85.6 cm³/mol. The van der Waals surface area contributed by atoms with Crippen LogP contribution in [0.5, 0.6) is 5.75 Å². The zero-order valence-electron chi connectivity index (χ0n) is 12.5. The highest BCUT2D eigenvalue weighted by molar-refractivity contribution is 7.92. The molecule has 0 saturated heterocycles. The predicted octanol–water partition coefficient (Wildman–Crippen LogP) is 2.73. The van der Waals surface area contributed by atoms with Gasteiger partial charge < -0.3 is 4.74 Å². The monoisotopic (exact) mass is 326 g/mol. The van der Waals surface area contributed by atoms with Crippen molar-refractivity contribution in [2.24, 2.45) is 0 Å². The lowest BCUT2D eigenvalue weighted by atomic mass is 10.3. The lowest BCUT2D eigenvalue weighted by Gasteiger charge is -2.16. The van der Waals surface area contributed by atoms with Crippen LogP contribution in [0.3, 0.4) is 0 Å². The van der Waals surface area contributed by atoms with E-state index in [4.69, 9.17) is 4.74 Å². The van der Waals surface area contributed by atoms with E-state index in [2.05, 4.69) is 4.98 Å². The van der Waals surface area contributed by atoms with Crippen molar-refractivity contribution in [1.82, 2.24) is 4.98 Å². The SMILES string of the molecule is Cc1nc(C)c(COc2ccc(N(C)S(C)(=O)=O)cc2)s1. The van der Waals surface area contributed by atoms with Gasteiger partial charge in [-0.05, 0) is 38.1 Å². The van der Waals surface area contributed by atoms with Crippen LogP contribution in [0.2, 0.25) is 0 Å². The third kappa shape index (κ3) is 3.95. The second-order valence-corrected chi connectivity index (χ2v) is 8.06. The molecule has 2 rings (SSSR count). The lowest BCUT2D eigenvalue weighted by molar-refractivity contribution is 0.309. The van der Waals surface area contributed by atoms with Gasteiger partial charge in [0.1, 0.15) is 12.4 Å². The summed E-state index contributed by atoms with van der Waals surface area (Å²) in [6.07, 6.45) is 1.17. The van der Waals surface area contributed by atoms with Gasteiger partial charge in [-0.15, -0.1) is 11.3 Å². The fourth-order valence-corrected chi connectivity index (χ4v) is 3.16. The molecule has 21 heavy (non-hydrogen) atoms. The van der Waals surface area contributed by atoms with E-state index in [9.17, 15) is 8.42 Å². The first-order valence-electron chi connectivity index (χ1n) is 6.37. The van der Waals surface area contributed by atoms with Crippen LogP contribution in [0.25, 0.3) is 0 Å². The van der Waals surface area contributed by atoms with Crippen LogP contribution in [-0.4, -0.2) is 26.7 Å². The first-order chi connectivity index (χ1) is 9.77. The molecule has 0 saturated carbocycles. The van der Waals surface area contributed by atoms with Crippen LogP contribution >= 0.6 is 11.3 Å². The minimum absolute atomic E-state index is 0.471. The van der Waals surface area contributed by atoms with E-state index in [1.807, 2.05) is 13.8 Å². The van der Waals surface area contributed by atoms with Crippen molar-refractivity contribution in [3.8, 4) is 5.75 Å². The Kier molecular flexibility index (Phi) is 4.53. The number of aryl methyl sites for hydroxylation is 2. The van der Waals surface area contributed by atoms with Crippen molar-refractivity contribution < 1.29 is 13.2 Å². The molecule has 0 amide bonds. The Morgan fingerprint density at radius 2 is 1.86 bits per heavy atom. The Hall–Kier alpha value is -1.60. The molecule has 2 aromatic rings. The van der Waals surface area contributed by atoms with Crippen molar-refractivity contribution in [1.29, 1.82) is 0 Å². The van der Waals surface area contributed by atoms with E-state index >= 15 is 0 Å². The topological polar surface area (TPSA) is 59.5 Å². The van der Waals surface area contributed by atoms with Crippen molar-refractivity contribution in [2.75, 3.05) is 17.6 Å². The lowest BCUT2D eigenvalue weighted by Crippen LogP contribution is -2.24. The average Bonchev–Trinajstić information content (AvgIpc) is 2.73. The van der Waals surface area contributed by atoms with Gasteiger partial charge in [-0.3, -0.25) is 4.31 Å². The number of thiazole rings is 1. The van der Waals surface area contributed by atoms with Crippen LogP contribution in [0.4, 0.5) is 5.69 Å². The summed E-state index contributed by atoms with van der Waals surface area (Å²) in [6.45, 7) is 4.40. The number of ether oxygens (including phenoxy) is 1. The second kappa shape index (κ2) is 6.03. The molecule has 1 heterocycles. The molecule has 5 nitrogen and oxygen atoms in total. The number of sulfonamides is 1. The van der Waals surface area contributed by atoms with Crippen LogP contribution in [0.1, 0.15) is 15.6 Å². The minimum atomic E-state index is -3.24. The van der Waals surface area contributed by atoms with Crippen molar-refractivity contribution >= 4 is 27.0 Å². The highest BCUT2D eigenvalue weighted by Crippen LogP contribution is 2.23. The van der Waals surface area contributed by atoms with Crippen LogP contribution in [-0.2, 0) is 16.6 Å². The van der Waals surface area contributed by atoms with E-state index in [0.29, 0.717) is 18.0 Å². The molecule has 0 aliphatic rings. The Balaban J connectivity index is 2.05. The minimum Gasteiger partial charge on any atom is -0.488 e. The first kappa shape index (κ1) is 15.8. The Morgan fingerprint density at radius 3 is 2.33 bits per heavy atom. The number of hydrogen-bond acceptors (Lipinski definition) is 5. The van der Waals surface area contributed by atoms with Gasteiger partial charge in [-0.25, -0.2) is 13.4 Å². The molecule has 0 aliphatic carbocycles. The van der Waals surface area contributed by atoms with Gasteiger partial charge in [0.25, 0.3) is 0 Å². The molecular weight excluding hydrogens is 308 g/mol. The molecule has 0 radical (unpaired) electrons. The summed E-state index contributed by atoms with van der Waals surface area (Å²) < 4.78 is 29.9. The highest BCUT2D eigenvalue weighted by Gasteiger charge is 2.11. The molecule has 0 N–H and O–H groups in total. The van der Waals surface area contributed by atoms with E-state index in [1.54, 1.807) is 35.6 Å². The Bertz CT molecular complexity index is 721. The van der Waals surface area contributed by atoms with Gasteiger partial charge in [0, 0.05) is 7.05 Å². The third-order valence-electron chi connectivity index (χ3n) is 3.07. The van der Waals surface area contributed by atoms with Crippen molar-refractivity contribution in [3.05, 3.63) is 39.8 Å². The number of nitrogens with zero attached hydrogens (tertiary/aromatic N) is 2. The summed E-state index contributed by atoms with van der Waals surface area (Å²) in [5, 5.41) is 1.02. The van der Waals surface area contributed by atoms with Gasteiger partial charge >= 0.3 is 0 Å². The molecule has 0 spiro atoms. The largest absolute Gasteiger partial charge is 0.488 e. The van der Waals surface area contributed by atoms with Gasteiger partial charge in [0.15, 0.2) is 0 Å². The van der Waals surface area contributed by atoms with E-state index in [0.717, 1.165) is 15.6 Å². The van der Waals surface area contributed by atoms with Gasteiger partial charge in [0.05, 0.1) is 27.5 Å². The normalized spacial score (nSPS) is 11.4. The summed E-state index contributed by atoms with van der Waals surface area (Å²) in [6, 6.07) is 6.98. The second-order valence-electron chi connectivity index (χ2n) is 4.75. The molecule has 1 aromatic carbocycles. The first-order valence-corrected chi connectivity index (χ1v) is 9.03. The standard InChI is InChI=1S/C14H18N2O3S2/c1-10-14(20-11(2)15-10)9-19-13-7-5-12(6-8-13)16(3)21(4,17)18/h5-8H,9H2,1-4H3. The summed E-state index contributed by atoms with van der Waals surface area (Å²) >= 11 is 1.62. The molecule has 0 bridgehead atoms. The number of benzene rings is 1. The summed E-state index contributed by atoms with van der Waals surface area (Å²) in [4.78, 5) is 5.45. The zero-order valence-corrected chi connectivity index (χ0v) is 14.1. The molecule has 1 aromatic heterocycles. The molecule has 0 unspecified atom stereocenters. The number of rotatable bonds is 5. The molecule has 114 valence electrons. The maximum Gasteiger partial charge on any atom is 0.231 e. The number of anilines is 1. The molecule has 7 heteroatoms. The zero-order chi connectivity index (χ0) is 15.6. The maximum atomic E-state index is 11.5. The number of aromatic nitrogens is 1.